The molecule has 4 unspecified atom stereocenters. The van der Waals surface area contributed by atoms with Gasteiger partial charge >= 0.3 is 39.5 Å². The number of ether oxygens (including phenoxy) is 4. The summed E-state index contributed by atoms with van der Waals surface area (Å²) in [6.07, 6.45) is 58.3. The zero-order valence-electron chi connectivity index (χ0n) is 66.5. The van der Waals surface area contributed by atoms with Crippen molar-refractivity contribution < 1.29 is 80.2 Å². The van der Waals surface area contributed by atoms with E-state index in [0.717, 1.165) is 120 Å². The van der Waals surface area contributed by atoms with Gasteiger partial charge in [-0.3, -0.25) is 37.3 Å². The van der Waals surface area contributed by atoms with E-state index >= 15 is 0 Å². The Labute approximate surface area is 619 Å². The number of aliphatic hydroxyl groups is 1. The van der Waals surface area contributed by atoms with Gasteiger partial charge in [-0.25, -0.2) is 9.13 Å². The Bertz CT molecular complexity index is 1980. The van der Waals surface area contributed by atoms with Gasteiger partial charge < -0.3 is 33.8 Å². The Morgan fingerprint density at radius 3 is 0.703 bits per heavy atom. The third kappa shape index (κ3) is 73.4. The molecule has 19 heteroatoms. The van der Waals surface area contributed by atoms with E-state index in [2.05, 4.69) is 55.4 Å². The van der Waals surface area contributed by atoms with E-state index < -0.39 is 97.5 Å². The van der Waals surface area contributed by atoms with Crippen molar-refractivity contribution in [1.29, 1.82) is 0 Å². The Hall–Kier alpha value is -1.94. The number of aliphatic hydroxyl groups excluding tert-OH is 1. The van der Waals surface area contributed by atoms with Crippen LogP contribution in [0.4, 0.5) is 0 Å². The van der Waals surface area contributed by atoms with Gasteiger partial charge in [0, 0.05) is 25.7 Å². The van der Waals surface area contributed by atoms with Crippen LogP contribution in [-0.2, 0) is 65.4 Å². The molecular weight excluding hydrogens is 1320 g/mol. The SMILES string of the molecule is CCC(C)CCCCCCCCCCCCCCCCCCCCC(=O)O[C@H](COC(=O)CCCCCCCCCCCCCCCC(C)C)COP(=O)(O)OC[C@@H](O)COP(=O)(O)OC[C@@H](COC(=O)CCCCCCCCC(C)CC)OC(=O)CCCCCCCCCCCCC(C)C. The van der Waals surface area contributed by atoms with Gasteiger partial charge in [0.05, 0.1) is 26.4 Å². The van der Waals surface area contributed by atoms with Gasteiger partial charge in [0.2, 0.25) is 0 Å². The van der Waals surface area contributed by atoms with Crippen LogP contribution in [0.25, 0.3) is 0 Å². The average Bonchev–Trinajstić information content (AvgIpc) is 0.945. The topological polar surface area (TPSA) is 237 Å². The van der Waals surface area contributed by atoms with Crippen molar-refractivity contribution in [1.82, 2.24) is 0 Å². The van der Waals surface area contributed by atoms with Gasteiger partial charge in [0.25, 0.3) is 0 Å². The van der Waals surface area contributed by atoms with Gasteiger partial charge in [-0.1, -0.05) is 370 Å². The van der Waals surface area contributed by atoms with Crippen LogP contribution in [0.1, 0.15) is 421 Å². The van der Waals surface area contributed by atoms with Gasteiger partial charge in [-0.05, 0) is 49.4 Å². The third-order valence-corrected chi connectivity index (χ3v) is 21.7. The van der Waals surface area contributed by atoms with Crippen LogP contribution < -0.4 is 0 Å². The molecule has 0 aliphatic rings. The second-order valence-electron chi connectivity index (χ2n) is 31.0. The molecule has 0 heterocycles. The molecule has 0 aliphatic heterocycles. The first-order valence-electron chi connectivity index (χ1n) is 42.3. The number of esters is 4. The van der Waals surface area contributed by atoms with Crippen molar-refractivity contribution >= 4 is 39.5 Å². The first kappa shape index (κ1) is 99.1. The van der Waals surface area contributed by atoms with Crippen LogP contribution in [0.15, 0.2) is 0 Å². The maximum Gasteiger partial charge on any atom is 0.472 e. The third-order valence-electron chi connectivity index (χ3n) is 19.8. The fraction of sp³-hybridized carbons (Fsp3) is 0.951. The predicted octanol–water partition coefficient (Wildman–Crippen LogP) is 24.4. The summed E-state index contributed by atoms with van der Waals surface area (Å²) >= 11 is 0. The molecule has 7 atom stereocenters. The molecule has 17 nitrogen and oxygen atoms in total. The van der Waals surface area contributed by atoms with E-state index in [-0.39, 0.29) is 25.7 Å². The summed E-state index contributed by atoms with van der Waals surface area (Å²) in [5, 5.41) is 10.6. The maximum absolute atomic E-state index is 13.1. The average molecular weight is 1480 g/mol. The lowest BCUT2D eigenvalue weighted by Gasteiger charge is -2.21. The Kier molecular flexibility index (Phi) is 69.6. The maximum atomic E-state index is 13.1. The summed E-state index contributed by atoms with van der Waals surface area (Å²) < 4.78 is 68.7. The number of phosphoric ester groups is 2. The quantitative estimate of drug-likeness (QED) is 0.0222. The zero-order valence-corrected chi connectivity index (χ0v) is 68.3. The lowest BCUT2D eigenvalue weighted by Crippen LogP contribution is -2.30. The second-order valence-corrected chi connectivity index (χ2v) is 33.9. The minimum absolute atomic E-state index is 0.105. The highest BCUT2D eigenvalue weighted by Gasteiger charge is 2.30. The molecule has 3 N–H and O–H groups in total. The van der Waals surface area contributed by atoms with Crippen molar-refractivity contribution in [2.45, 2.75) is 440 Å². The molecule has 0 radical (unpaired) electrons. The molecule has 0 saturated heterocycles. The normalized spacial score (nSPS) is 14.5. The van der Waals surface area contributed by atoms with E-state index in [1.165, 1.54) is 218 Å². The number of carbonyl (C=O) groups excluding carboxylic acids is 4. The molecule has 0 saturated carbocycles. The van der Waals surface area contributed by atoms with Gasteiger partial charge in [0.1, 0.15) is 19.3 Å². The monoisotopic (exact) mass is 1480 g/mol. The molecule has 0 spiro atoms. The summed E-state index contributed by atoms with van der Waals surface area (Å²) in [4.78, 5) is 73.0. The molecule has 0 aromatic heterocycles. The molecule has 0 aliphatic carbocycles. The molecule has 0 bridgehead atoms. The van der Waals surface area contributed by atoms with E-state index in [1.54, 1.807) is 0 Å². The lowest BCUT2D eigenvalue weighted by atomic mass is 9.99. The molecule has 0 aromatic rings. The van der Waals surface area contributed by atoms with E-state index in [9.17, 15) is 43.2 Å². The Balaban J connectivity index is 5.22. The van der Waals surface area contributed by atoms with E-state index in [1.807, 2.05) is 0 Å². The largest absolute Gasteiger partial charge is 0.472 e. The highest BCUT2D eigenvalue weighted by molar-refractivity contribution is 7.47. The highest BCUT2D eigenvalue weighted by Crippen LogP contribution is 2.45. The first-order chi connectivity index (χ1) is 48.7. The summed E-state index contributed by atoms with van der Waals surface area (Å²) in [5.74, 6) is 1.03. The minimum atomic E-state index is -4.96. The smallest absolute Gasteiger partial charge is 0.462 e. The summed E-state index contributed by atoms with van der Waals surface area (Å²) in [7, 11) is -9.92. The Morgan fingerprint density at radius 2 is 0.475 bits per heavy atom. The van der Waals surface area contributed by atoms with Crippen LogP contribution in [0, 0.1) is 23.7 Å². The van der Waals surface area contributed by atoms with Gasteiger partial charge in [0.15, 0.2) is 12.2 Å². The van der Waals surface area contributed by atoms with Crippen LogP contribution in [0.5, 0.6) is 0 Å². The summed E-state index contributed by atoms with van der Waals surface area (Å²) in [6, 6.07) is 0. The van der Waals surface area contributed by atoms with Crippen LogP contribution in [-0.4, -0.2) is 96.7 Å². The Morgan fingerprint density at radius 1 is 0.277 bits per heavy atom. The van der Waals surface area contributed by atoms with E-state index in [4.69, 9.17) is 37.0 Å². The minimum Gasteiger partial charge on any atom is -0.462 e. The van der Waals surface area contributed by atoms with Crippen molar-refractivity contribution in [3.63, 3.8) is 0 Å². The summed E-state index contributed by atoms with van der Waals surface area (Å²) in [6.45, 7) is 14.3. The first-order valence-corrected chi connectivity index (χ1v) is 45.3. The van der Waals surface area contributed by atoms with Crippen LogP contribution in [0.3, 0.4) is 0 Å². The predicted molar refractivity (Wildman–Crippen MR) is 414 cm³/mol. The number of rotatable bonds is 79. The lowest BCUT2D eigenvalue weighted by molar-refractivity contribution is -0.161. The molecule has 0 fully saturated rings. The molecule has 0 aromatic carbocycles. The number of carbonyl (C=O) groups is 4. The van der Waals surface area contributed by atoms with Crippen molar-refractivity contribution in [3.05, 3.63) is 0 Å². The van der Waals surface area contributed by atoms with Crippen LogP contribution in [0.2, 0.25) is 0 Å². The molecule has 600 valence electrons. The molecule has 0 rings (SSSR count). The number of hydrogen-bond acceptors (Lipinski definition) is 15. The standard InChI is InChI=1S/C82H160O17P2/c1-9-74(7)60-52-44-36-30-23-19-15-13-11-12-14-16-20-25-32-38-48-56-64-81(86)98-77(68-92-79(84)62-54-46-37-31-24-21-17-18-22-28-34-42-50-58-72(3)4)70-96-100(88,89)94-66-76(83)67-95-101(90,91)97-71-78(69-93-80(85)63-55-47-41-40-45-53-61-75(8)10-2)99-82(87)65-57-49-39-33-27-26-29-35-43-51-59-73(5)6/h72-78,83H,9-71H2,1-8H3,(H,88,89)(H,90,91)/t74?,75?,76-,77-,78-/m1/s1. The van der Waals surface area contributed by atoms with Crippen molar-refractivity contribution in [2.24, 2.45) is 23.7 Å². The number of unbranched alkanes of at least 4 members (excludes halogenated alkanes) is 43. The molecular formula is C82H160O17P2. The van der Waals surface area contributed by atoms with E-state index in [0.29, 0.717) is 25.7 Å². The fourth-order valence-corrected chi connectivity index (χ4v) is 14.1. The number of hydrogen-bond donors (Lipinski definition) is 3. The van der Waals surface area contributed by atoms with Gasteiger partial charge in [-0.15, -0.1) is 0 Å². The van der Waals surface area contributed by atoms with Gasteiger partial charge in [-0.2, -0.15) is 0 Å². The fourth-order valence-electron chi connectivity index (χ4n) is 12.5. The highest BCUT2D eigenvalue weighted by atomic mass is 31.2. The zero-order chi connectivity index (χ0) is 74.6. The molecule has 0 amide bonds. The summed E-state index contributed by atoms with van der Waals surface area (Å²) in [5.41, 5.74) is 0. The molecule has 101 heavy (non-hydrogen) atoms. The second kappa shape index (κ2) is 71.0. The van der Waals surface area contributed by atoms with Crippen LogP contribution >= 0.6 is 15.6 Å². The van der Waals surface area contributed by atoms with Crippen molar-refractivity contribution in [2.75, 3.05) is 39.6 Å². The van der Waals surface area contributed by atoms with Crippen molar-refractivity contribution in [3.8, 4) is 0 Å². The number of phosphoric acid groups is 2.